The summed E-state index contributed by atoms with van der Waals surface area (Å²) in [6.45, 7) is -0.139. The highest BCUT2D eigenvalue weighted by molar-refractivity contribution is 7.89. The van der Waals surface area contributed by atoms with Crippen LogP contribution in [0, 0.1) is 5.82 Å². The maximum absolute atomic E-state index is 13.2. The fraction of sp³-hybridized carbons (Fsp3) is 0.300. The van der Waals surface area contributed by atoms with Crippen molar-refractivity contribution in [3.05, 3.63) is 63.9 Å². The molecule has 2 aromatic carbocycles. The Kier molecular flexibility index (Phi) is 7.41. The zero-order valence-electron chi connectivity index (χ0n) is 16.5. The van der Waals surface area contributed by atoms with Gasteiger partial charge in [-0.05, 0) is 42.3 Å². The zero-order valence-corrected chi connectivity index (χ0v) is 18.9. The summed E-state index contributed by atoms with van der Waals surface area (Å²) in [5.41, 5.74) is 6.41. The van der Waals surface area contributed by atoms with Crippen molar-refractivity contribution in [1.82, 2.24) is 9.62 Å². The predicted octanol–water partition coefficient (Wildman–Crippen LogP) is 2.03. The third-order valence-corrected chi connectivity index (χ3v) is 7.29. The standard InChI is InChI=1S/C20H20Cl2FN3O5S/c21-12-6-13(22)8-16(7-12)32(30,31)26-10-15(24)9-18(26)19(27)25-17(20(28)29)5-11-1-3-14(23)4-2-11/h1-4,6-8,15,17-18H,5,9-10,24H2,(H,25,27)(H,28,29)/t15-,17-,18-/m0/s1. The average molecular weight is 504 g/mol. The summed E-state index contributed by atoms with van der Waals surface area (Å²) in [4.78, 5) is 24.4. The molecule has 1 fully saturated rings. The quantitative estimate of drug-likeness (QED) is 0.529. The number of nitrogens with zero attached hydrogens (tertiary/aromatic N) is 1. The summed E-state index contributed by atoms with van der Waals surface area (Å²) in [6, 6.07) is 5.74. The van der Waals surface area contributed by atoms with Crippen molar-refractivity contribution in [3.8, 4) is 0 Å². The van der Waals surface area contributed by atoms with Crippen LogP contribution in [0.15, 0.2) is 47.4 Å². The topological polar surface area (TPSA) is 130 Å². The second-order valence-corrected chi connectivity index (χ2v) is 10.2. The number of sulfonamides is 1. The Bertz CT molecular complexity index is 1110. The van der Waals surface area contributed by atoms with Crippen molar-refractivity contribution in [2.24, 2.45) is 5.73 Å². The highest BCUT2D eigenvalue weighted by Gasteiger charge is 2.43. The van der Waals surface area contributed by atoms with Crippen LogP contribution in [-0.4, -0.2) is 54.4 Å². The fourth-order valence-corrected chi connectivity index (χ4v) is 5.86. The lowest BCUT2D eigenvalue weighted by molar-refractivity contribution is -0.142. The maximum atomic E-state index is 13.2. The Labute approximate surface area is 194 Å². The van der Waals surface area contributed by atoms with E-state index in [0.717, 1.165) is 4.31 Å². The molecule has 1 saturated heterocycles. The molecule has 172 valence electrons. The van der Waals surface area contributed by atoms with Crippen LogP contribution in [0.4, 0.5) is 4.39 Å². The number of aliphatic carboxylic acids is 1. The first-order valence-electron chi connectivity index (χ1n) is 9.48. The third-order valence-electron chi connectivity index (χ3n) is 5.00. The van der Waals surface area contributed by atoms with E-state index in [1.54, 1.807) is 0 Å². The molecule has 2 aromatic rings. The number of hydrogen-bond acceptors (Lipinski definition) is 5. The lowest BCUT2D eigenvalue weighted by atomic mass is 10.1. The van der Waals surface area contributed by atoms with Crippen molar-refractivity contribution in [2.75, 3.05) is 6.54 Å². The van der Waals surface area contributed by atoms with Crippen LogP contribution in [0.5, 0.6) is 0 Å². The molecule has 8 nitrogen and oxygen atoms in total. The first kappa shape index (κ1) is 24.4. The summed E-state index contributed by atoms with van der Waals surface area (Å²) >= 11 is 11.8. The number of hydrogen-bond donors (Lipinski definition) is 3. The molecule has 12 heteroatoms. The number of benzene rings is 2. The van der Waals surface area contributed by atoms with Gasteiger partial charge >= 0.3 is 5.97 Å². The summed E-state index contributed by atoms with van der Waals surface area (Å²) in [7, 11) is -4.20. The van der Waals surface area contributed by atoms with Gasteiger partial charge in [0.15, 0.2) is 0 Å². The second kappa shape index (κ2) is 9.72. The van der Waals surface area contributed by atoms with Gasteiger partial charge in [-0.2, -0.15) is 4.31 Å². The zero-order chi connectivity index (χ0) is 23.6. The van der Waals surface area contributed by atoms with Gasteiger partial charge in [0, 0.05) is 29.1 Å². The summed E-state index contributed by atoms with van der Waals surface area (Å²) in [5.74, 6) is -2.60. The molecule has 4 N–H and O–H groups in total. The molecule has 0 spiro atoms. The molecule has 1 aliphatic heterocycles. The lowest BCUT2D eigenvalue weighted by Crippen LogP contribution is -2.51. The summed E-state index contributed by atoms with van der Waals surface area (Å²) < 4.78 is 40.4. The first-order chi connectivity index (χ1) is 15.0. The van der Waals surface area contributed by atoms with Crippen LogP contribution in [0.25, 0.3) is 0 Å². The molecule has 3 atom stereocenters. The SMILES string of the molecule is N[C@H]1C[C@@H](C(=O)N[C@@H](Cc2ccc(F)cc2)C(=O)O)N(S(=O)(=O)c2cc(Cl)cc(Cl)c2)C1. The van der Waals surface area contributed by atoms with Crippen LogP contribution in [-0.2, 0) is 26.0 Å². The normalized spacial score (nSPS) is 20.1. The minimum absolute atomic E-state index is 0.00223. The van der Waals surface area contributed by atoms with Crippen LogP contribution in [0.3, 0.4) is 0 Å². The number of halogens is 3. The number of nitrogens with one attached hydrogen (secondary N) is 1. The summed E-state index contributed by atoms with van der Waals surface area (Å²) in [5, 5.41) is 12.1. The van der Waals surface area contributed by atoms with E-state index < -0.39 is 45.8 Å². The number of carbonyl (C=O) groups excluding carboxylic acids is 1. The van der Waals surface area contributed by atoms with Gasteiger partial charge in [0.1, 0.15) is 17.9 Å². The van der Waals surface area contributed by atoms with Gasteiger partial charge in [-0.1, -0.05) is 35.3 Å². The summed E-state index contributed by atoms with van der Waals surface area (Å²) in [6.07, 6.45) is -0.112. The van der Waals surface area contributed by atoms with Gasteiger partial charge in [-0.25, -0.2) is 17.6 Å². The van der Waals surface area contributed by atoms with E-state index >= 15 is 0 Å². The molecule has 0 radical (unpaired) electrons. The van der Waals surface area contributed by atoms with Gasteiger partial charge < -0.3 is 16.2 Å². The Morgan fingerprint density at radius 3 is 2.34 bits per heavy atom. The Hall–Kier alpha value is -2.24. The molecule has 32 heavy (non-hydrogen) atoms. The maximum Gasteiger partial charge on any atom is 0.326 e. The highest BCUT2D eigenvalue weighted by Crippen LogP contribution is 2.29. The van der Waals surface area contributed by atoms with Gasteiger partial charge in [0.25, 0.3) is 0 Å². The van der Waals surface area contributed by atoms with E-state index in [0.29, 0.717) is 5.56 Å². The van der Waals surface area contributed by atoms with E-state index in [1.807, 2.05) is 0 Å². The highest BCUT2D eigenvalue weighted by atomic mass is 35.5. The van der Waals surface area contributed by atoms with Gasteiger partial charge in [0.2, 0.25) is 15.9 Å². The van der Waals surface area contributed by atoms with E-state index in [2.05, 4.69) is 5.32 Å². The van der Waals surface area contributed by atoms with Crippen molar-refractivity contribution in [3.63, 3.8) is 0 Å². The largest absolute Gasteiger partial charge is 0.480 e. The number of amides is 1. The van der Waals surface area contributed by atoms with Crippen molar-refractivity contribution in [2.45, 2.75) is 35.9 Å². The van der Waals surface area contributed by atoms with Crippen molar-refractivity contribution < 1.29 is 27.5 Å². The fourth-order valence-electron chi connectivity index (χ4n) is 3.48. The first-order valence-corrected chi connectivity index (χ1v) is 11.7. The Balaban J connectivity index is 1.83. The Morgan fingerprint density at radius 2 is 1.78 bits per heavy atom. The molecule has 0 aliphatic carbocycles. The van der Waals surface area contributed by atoms with Crippen LogP contribution in [0.1, 0.15) is 12.0 Å². The molecule has 1 heterocycles. The molecular formula is C20H20Cl2FN3O5S. The molecule has 3 rings (SSSR count). The lowest BCUT2D eigenvalue weighted by Gasteiger charge is -2.25. The molecule has 0 saturated carbocycles. The number of carboxylic acids is 1. The predicted molar refractivity (Wildman–Crippen MR) is 116 cm³/mol. The van der Waals surface area contributed by atoms with E-state index in [1.165, 1.54) is 42.5 Å². The monoisotopic (exact) mass is 503 g/mol. The third kappa shape index (κ3) is 5.57. The molecule has 0 bridgehead atoms. The van der Waals surface area contributed by atoms with Gasteiger partial charge in [0.05, 0.1) is 4.90 Å². The minimum atomic E-state index is -4.20. The smallest absolute Gasteiger partial charge is 0.326 e. The number of carbonyl (C=O) groups is 2. The molecule has 1 amide bonds. The van der Waals surface area contributed by atoms with Gasteiger partial charge in [-0.3, -0.25) is 4.79 Å². The van der Waals surface area contributed by atoms with E-state index in [-0.39, 0.29) is 34.3 Å². The molecule has 0 aromatic heterocycles. The van der Waals surface area contributed by atoms with Crippen LogP contribution in [0.2, 0.25) is 10.0 Å². The second-order valence-electron chi connectivity index (χ2n) is 7.42. The minimum Gasteiger partial charge on any atom is -0.480 e. The van der Waals surface area contributed by atoms with Crippen molar-refractivity contribution in [1.29, 1.82) is 0 Å². The Morgan fingerprint density at radius 1 is 1.19 bits per heavy atom. The van der Waals surface area contributed by atoms with E-state index in [4.69, 9.17) is 28.9 Å². The molecule has 1 aliphatic rings. The van der Waals surface area contributed by atoms with Gasteiger partial charge in [-0.15, -0.1) is 0 Å². The van der Waals surface area contributed by atoms with Crippen LogP contribution < -0.4 is 11.1 Å². The molecular weight excluding hydrogens is 484 g/mol. The number of nitrogens with two attached hydrogens (primary N) is 1. The van der Waals surface area contributed by atoms with Crippen molar-refractivity contribution >= 4 is 45.1 Å². The molecule has 0 unspecified atom stereocenters. The van der Waals surface area contributed by atoms with E-state index in [9.17, 15) is 27.5 Å². The average Bonchev–Trinajstić information content (AvgIpc) is 3.11. The number of carboxylic acid groups (broad SMARTS) is 1. The number of rotatable bonds is 7. The van der Waals surface area contributed by atoms with Crippen LogP contribution >= 0.6 is 23.2 Å².